The number of benzene rings is 1. The van der Waals surface area contributed by atoms with Crippen molar-refractivity contribution in [1.82, 2.24) is 10.2 Å². The molecule has 4 unspecified atom stereocenters. The van der Waals surface area contributed by atoms with E-state index < -0.39 is 5.41 Å². The fraction of sp³-hybridized carbons (Fsp3) is 0.579. The van der Waals surface area contributed by atoms with Crippen molar-refractivity contribution in [2.24, 2.45) is 10.8 Å². The number of rotatable bonds is 3. The van der Waals surface area contributed by atoms with Gasteiger partial charge in [0, 0.05) is 6.54 Å². The number of ether oxygens (including phenoxy) is 1. The first kappa shape index (κ1) is 15.5. The highest BCUT2D eigenvalue weighted by Crippen LogP contribution is 2.67. The van der Waals surface area contributed by atoms with Crippen molar-refractivity contribution in [3.05, 3.63) is 35.9 Å². The first-order valence-corrected chi connectivity index (χ1v) is 8.82. The van der Waals surface area contributed by atoms with Gasteiger partial charge in [0.25, 0.3) is 0 Å². The van der Waals surface area contributed by atoms with E-state index in [1.54, 1.807) is 0 Å². The van der Waals surface area contributed by atoms with Crippen molar-refractivity contribution in [2.45, 2.75) is 45.2 Å². The van der Waals surface area contributed by atoms with Crippen LogP contribution in [0.25, 0.3) is 0 Å². The highest BCUT2D eigenvalue weighted by atomic mass is 16.5. The highest BCUT2D eigenvalue weighted by molar-refractivity contribution is 5.87. The lowest BCUT2D eigenvalue weighted by Crippen LogP contribution is -2.80. The van der Waals surface area contributed by atoms with Crippen LogP contribution in [0.4, 0.5) is 4.79 Å². The van der Waals surface area contributed by atoms with Crippen LogP contribution >= 0.6 is 0 Å². The van der Waals surface area contributed by atoms with Gasteiger partial charge in [0.2, 0.25) is 0 Å². The maximum Gasteiger partial charge on any atom is 0.318 e. The molecule has 5 nitrogen and oxygen atoms in total. The van der Waals surface area contributed by atoms with E-state index in [9.17, 15) is 9.59 Å². The van der Waals surface area contributed by atoms with Crippen molar-refractivity contribution in [3.8, 4) is 0 Å². The van der Waals surface area contributed by atoms with Crippen LogP contribution in [0.1, 0.15) is 44.7 Å². The Balaban J connectivity index is 1.82. The van der Waals surface area contributed by atoms with E-state index in [0.717, 1.165) is 31.4 Å². The topological polar surface area (TPSA) is 58.6 Å². The van der Waals surface area contributed by atoms with E-state index >= 15 is 0 Å². The maximum absolute atomic E-state index is 13.0. The van der Waals surface area contributed by atoms with Crippen molar-refractivity contribution in [2.75, 3.05) is 13.2 Å². The zero-order valence-electron chi connectivity index (χ0n) is 14.2. The standard InChI is InChI=1S/C19H24N2O3/c1-3-24-16(22)19-12-18(2)10-7-11-21(15(18)19)17(23)20-14(19)13-8-5-4-6-9-13/h4-6,8-9,14-15H,3,7,10-12H2,1-2H3,(H,20,23). The summed E-state index contributed by atoms with van der Waals surface area (Å²) in [4.78, 5) is 27.6. The average molecular weight is 328 g/mol. The maximum atomic E-state index is 13.0. The molecule has 0 aromatic heterocycles. The third-order valence-electron chi connectivity index (χ3n) is 6.14. The Morgan fingerprint density at radius 3 is 2.83 bits per heavy atom. The Morgan fingerprint density at radius 2 is 2.12 bits per heavy atom. The van der Waals surface area contributed by atoms with Gasteiger partial charge in [-0.3, -0.25) is 4.79 Å². The zero-order valence-corrected chi connectivity index (χ0v) is 14.2. The van der Waals surface area contributed by atoms with Crippen LogP contribution in [0.5, 0.6) is 0 Å². The number of nitrogens with zero attached hydrogens (tertiary/aromatic N) is 1. The van der Waals surface area contributed by atoms with Crippen LogP contribution in [0.2, 0.25) is 0 Å². The normalized spacial score (nSPS) is 37.1. The number of nitrogens with one attached hydrogen (secondary N) is 1. The molecule has 1 aromatic rings. The number of hydrogen-bond donors (Lipinski definition) is 1. The third kappa shape index (κ3) is 1.87. The van der Waals surface area contributed by atoms with Gasteiger partial charge in [-0.05, 0) is 37.2 Å². The second kappa shape index (κ2) is 5.23. The van der Waals surface area contributed by atoms with Gasteiger partial charge in [-0.1, -0.05) is 37.3 Å². The van der Waals surface area contributed by atoms with E-state index in [1.165, 1.54) is 0 Å². The molecule has 1 saturated carbocycles. The van der Waals surface area contributed by atoms with Crippen LogP contribution in [0.3, 0.4) is 0 Å². The molecule has 4 atom stereocenters. The molecule has 0 radical (unpaired) electrons. The van der Waals surface area contributed by atoms with Crippen molar-refractivity contribution in [1.29, 1.82) is 0 Å². The summed E-state index contributed by atoms with van der Waals surface area (Å²) < 4.78 is 5.49. The molecule has 3 fully saturated rings. The van der Waals surface area contributed by atoms with Crippen LogP contribution in [-0.2, 0) is 9.53 Å². The number of carbonyl (C=O) groups excluding carboxylic acids is 2. The van der Waals surface area contributed by atoms with Crippen LogP contribution in [-0.4, -0.2) is 36.1 Å². The first-order chi connectivity index (χ1) is 11.5. The lowest BCUT2D eigenvalue weighted by Gasteiger charge is -2.69. The van der Waals surface area contributed by atoms with Gasteiger partial charge in [0.15, 0.2) is 0 Å². The van der Waals surface area contributed by atoms with E-state index in [-0.39, 0.29) is 29.5 Å². The number of urea groups is 1. The number of hydrogen-bond acceptors (Lipinski definition) is 3. The summed E-state index contributed by atoms with van der Waals surface area (Å²) >= 11 is 0. The number of piperidine rings is 1. The summed E-state index contributed by atoms with van der Waals surface area (Å²) in [5, 5.41) is 3.10. The molecule has 1 aromatic carbocycles. The molecule has 1 aliphatic carbocycles. The summed E-state index contributed by atoms with van der Waals surface area (Å²) in [6, 6.07) is 9.37. The Labute approximate surface area is 142 Å². The van der Waals surface area contributed by atoms with E-state index in [0.29, 0.717) is 6.61 Å². The second-order valence-corrected chi connectivity index (χ2v) is 7.58. The minimum Gasteiger partial charge on any atom is -0.465 e. The molecule has 5 heteroatoms. The predicted molar refractivity (Wildman–Crippen MR) is 89.2 cm³/mol. The van der Waals surface area contributed by atoms with Gasteiger partial charge in [-0.2, -0.15) is 0 Å². The minimum atomic E-state index is -0.680. The monoisotopic (exact) mass is 328 g/mol. The molecule has 2 heterocycles. The molecule has 24 heavy (non-hydrogen) atoms. The van der Waals surface area contributed by atoms with Gasteiger partial charge in [0.1, 0.15) is 5.41 Å². The molecular formula is C19H24N2O3. The minimum absolute atomic E-state index is 0.00972. The number of amides is 2. The van der Waals surface area contributed by atoms with Crippen molar-refractivity contribution in [3.63, 3.8) is 0 Å². The first-order valence-electron chi connectivity index (χ1n) is 8.82. The molecule has 2 aliphatic heterocycles. The molecule has 0 bridgehead atoms. The second-order valence-electron chi connectivity index (χ2n) is 7.58. The van der Waals surface area contributed by atoms with Gasteiger partial charge < -0.3 is 15.0 Å². The molecule has 2 saturated heterocycles. The lowest BCUT2D eigenvalue weighted by molar-refractivity contribution is -0.213. The largest absolute Gasteiger partial charge is 0.465 e. The third-order valence-corrected chi connectivity index (χ3v) is 6.14. The quantitative estimate of drug-likeness (QED) is 0.868. The molecule has 2 amide bonds. The van der Waals surface area contributed by atoms with Crippen LogP contribution in [0, 0.1) is 10.8 Å². The number of esters is 1. The summed E-state index contributed by atoms with van der Waals surface area (Å²) in [7, 11) is 0. The lowest BCUT2D eigenvalue weighted by atomic mass is 9.43. The number of carbonyl (C=O) groups is 2. The summed E-state index contributed by atoms with van der Waals surface area (Å²) in [6.45, 7) is 5.13. The smallest absolute Gasteiger partial charge is 0.318 e. The Bertz CT molecular complexity index is 676. The predicted octanol–water partition coefficient (Wildman–Crippen LogP) is 2.87. The molecule has 4 rings (SSSR count). The summed E-state index contributed by atoms with van der Waals surface area (Å²) in [6.07, 6.45) is 2.82. The Morgan fingerprint density at radius 1 is 1.38 bits per heavy atom. The summed E-state index contributed by atoms with van der Waals surface area (Å²) in [5.41, 5.74) is 0.308. The van der Waals surface area contributed by atoms with Gasteiger partial charge >= 0.3 is 12.0 Å². The average Bonchev–Trinajstić information content (AvgIpc) is 2.56. The van der Waals surface area contributed by atoms with Crippen LogP contribution < -0.4 is 5.32 Å². The SMILES string of the molecule is CCOC(=O)C12CC3(C)CCCN(C(=O)NC1c1ccccc1)C32. The van der Waals surface area contributed by atoms with E-state index in [1.807, 2.05) is 42.2 Å². The molecule has 3 aliphatic rings. The molecular weight excluding hydrogens is 304 g/mol. The van der Waals surface area contributed by atoms with Gasteiger partial charge in [0.05, 0.1) is 18.7 Å². The van der Waals surface area contributed by atoms with Gasteiger partial charge in [-0.15, -0.1) is 0 Å². The Hall–Kier alpha value is -2.04. The molecule has 0 spiro atoms. The van der Waals surface area contributed by atoms with Gasteiger partial charge in [-0.25, -0.2) is 4.79 Å². The van der Waals surface area contributed by atoms with E-state index in [4.69, 9.17) is 4.74 Å². The fourth-order valence-electron chi connectivity index (χ4n) is 5.42. The van der Waals surface area contributed by atoms with Crippen molar-refractivity contribution >= 4 is 12.0 Å². The summed E-state index contributed by atoms with van der Waals surface area (Å²) in [5.74, 6) is -0.173. The van der Waals surface area contributed by atoms with Crippen molar-refractivity contribution < 1.29 is 14.3 Å². The molecule has 1 N–H and O–H groups in total. The highest BCUT2D eigenvalue weighted by Gasteiger charge is 2.74. The Kier molecular flexibility index (Phi) is 3.37. The zero-order chi connectivity index (χ0) is 16.9. The van der Waals surface area contributed by atoms with Crippen LogP contribution in [0.15, 0.2) is 30.3 Å². The van der Waals surface area contributed by atoms with E-state index in [2.05, 4.69) is 12.2 Å². The fourth-order valence-corrected chi connectivity index (χ4v) is 5.42. The molecule has 128 valence electrons.